The van der Waals surface area contributed by atoms with Crippen LogP contribution in [0.3, 0.4) is 0 Å². The van der Waals surface area contributed by atoms with E-state index in [2.05, 4.69) is 11.6 Å². The van der Waals surface area contributed by atoms with Crippen molar-refractivity contribution in [2.75, 3.05) is 5.73 Å². The van der Waals surface area contributed by atoms with Gasteiger partial charge in [0.25, 0.3) is 0 Å². The van der Waals surface area contributed by atoms with Crippen molar-refractivity contribution in [3.05, 3.63) is 53.8 Å². The van der Waals surface area contributed by atoms with Gasteiger partial charge < -0.3 is 0 Å². The van der Waals surface area contributed by atoms with E-state index in [4.69, 9.17) is 5.73 Å². The molecule has 0 amide bonds. The zero-order chi connectivity index (χ0) is 12.5. The molecule has 0 spiro atoms. The monoisotopic (exact) mass is 232 g/mol. The van der Waals surface area contributed by atoms with Gasteiger partial charge in [0.2, 0.25) is 0 Å². The van der Waals surface area contributed by atoms with Crippen molar-refractivity contribution < 1.29 is 4.79 Å². The number of ketones is 1. The molecule has 1 aromatic carbocycles. The number of allylic oxidation sites excluding steroid dienone is 2. The zero-order valence-electron chi connectivity index (χ0n) is 9.97. The normalized spacial score (nSPS) is 15.9. The van der Waals surface area contributed by atoms with E-state index in [0.29, 0.717) is 11.3 Å². The molecular formula is C12H11B3N2O. The number of Topliss-reactive ketones (excluding diaryl/α,β-unsaturated/α-hetero) is 1. The van der Waals surface area contributed by atoms with E-state index in [1.54, 1.807) is 24.3 Å². The molecule has 0 bridgehead atoms. The van der Waals surface area contributed by atoms with E-state index < -0.39 is 0 Å². The molecule has 0 saturated carbocycles. The van der Waals surface area contributed by atoms with Crippen molar-refractivity contribution in [2.24, 2.45) is 0 Å². The number of nitrogens with two attached hydrogens (primary N) is 1. The minimum atomic E-state index is 0.0391. The van der Waals surface area contributed by atoms with Crippen LogP contribution in [0.5, 0.6) is 0 Å². The zero-order valence-corrected chi connectivity index (χ0v) is 9.97. The topological polar surface area (TPSA) is 46.3 Å². The molecule has 84 valence electrons. The van der Waals surface area contributed by atoms with Gasteiger partial charge in [0, 0.05) is 0 Å². The van der Waals surface area contributed by atoms with Crippen LogP contribution in [0, 0.1) is 0 Å². The molecule has 3 nitrogen and oxygen atoms in total. The number of hydrogen-bond acceptors (Lipinski definition) is 3. The molecule has 0 saturated heterocycles. The maximum atomic E-state index is 12.3. The van der Waals surface area contributed by atoms with Crippen LogP contribution in [0.15, 0.2) is 48.2 Å². The van der Waals surface area contributed by atoms with Crippen molar-refractivity contribution in [1.29, 1.82) is 0 Å². The summed E-state index contributed by atoms with van der Waals surface area (Å²) in [6.07, 6.45) is 5.81. The molecule has 3 rings (SSSR count). The van der Waals surface area contributed by atoms with E-state index in [1.807, 2.05) is 18.4 Å². The average molecular weight is 232 g/mol. The van der Waals surface area contributed by atoms with Crippen LogP contribution in [0.4, 0.5) is 5.69 Å². The van der Waals surface area contributed by atoms with E-state index in [9.17, 15) is 4.79 Å². The molecule has 0 fully saturated rings. The van der Waals surface area contributed by atoms with Crippen LogP contribution >= 0.6 is 0 Å². The Balaban J connectivity index is 1.88. The Morgan fingerprint density at radius 3 is 2.78 bits per heavy atom. The first-order valence-corrected chi connectivity index (χ1v) is 6.01. The molecule has 2 aliphatic rings. The molecule has 0 radical (unpaired) electrons. The molecule has 2 heterocycles. The third-order valence-electron chi connectivity index (χ3n) is 3.22. The summed E-state index contributed by atoms with van der Waals surface area (Å²) in [4.78, 5) is 14.4. The van der Waals surface area contributed by atoms with Crippen LogP contribution in [0.1, 0.15) is 10.4 Å². The second kappa shape index (κ2) is 4.37. The number of fused-ring (bicyclic) bond motifs is 1. The van der Waals surface area contributed by atoms with Gasteiger partial charge in [-0.2, -0.15) is 0 Å². The first kappa shape index (κ1) is 11.1. The quantitative estimate of drug-likeness (QED) is 0.431. The second-order valence-corrected chi connectivity index (χ2v) is 4.48. The first-order valence-electron chi connectivity index (χ1n) is 6.01. The third kappa shape index (κ3) is 1.94. The van der Waals surface area contributed by atoms with Gasteiger partial charge in [-0.05, 0) is 0 Å². The number of anilines is 1. The number of hydrogen-bond donors (Lipinski definition) is 1. The fraction of sp³-hybridized carbons (Fsp3) is 0. The fourth-order valence-corrected chi connectivity index (χ4v) is 2.22. The summed E-state index contributed by atoms with van der Waals surface area (Å²) in [6, 6.07) is 7.03. The minimum absolute atomic E-state index is 0.0391. The maximum absolute atomic E-state index is 12.3. The predicted molar refractivity (Wildman–Crippen MR) is 79.3 cm³/mol. The van der Waals surface area contributed by atoms with Crippen molar-refractivity contribution in [3.63, 3.8) is 0 Å². The van der Waals surface area contributed by atoms with Crippen LogP contribution in [-0.2, 0) is 0 Å². The summed E-state index contributed by atoms with van der Waals surface area (Å²) in [5.74, 6) is 0.0391. The summed E-state index contributed by atoms with van der Waals surface area (Å²) in [5.41, 5.74) is 8.87. The van der Waals surface area contributed by atoms with E-state index >= 15 is 0 Å². The summed E-state index contributed by atoms with van der Waals surface area (Å²) >= 11 is 0. The SMILES string of the molecule is Nc1ccc(C(=O)C2=CN3BBB=C3C=C2)cc1. The third-order valence-corrected chi connectivity index (χ3v) is 3.22. The molecule has 2 aliphatic heterocycles. The summed E-state index contributed by atoms with van der Waals surface area (Å²) in [5, 5.41) is 0. The predicted octanol–water partition coefficient (Wildman–Crippen LogP) is -0.327. The second-order valence-electron chi connectivity index (χ2n) is 4.48. The number of nitrogen functional groups attached to an aromatic ring is 1. The molecule has 2 N–H and O–H groups in total. The molecule has 0 aromatic heterocycles. The summed E-state index contributed by atoms with van der Waals surface area (Å²) in [6.45, 7) is 2.18. The van der Waals surface area contributed by atoms with Crippen molar-refractivity contribution in [3.8, 4) is 0 Å². The number of nitrogens with zero attached hydrogens (tertiary/aromatic N) is 1. The Kier molecular flexibility index (Phi) is 2.70. The average Bonchev–Trinajstić information content (AvgIpc) is 2.86. The van der Waals surface area contributed by atoms with Crippen LogP contribution in [0.2, 0.25) is 0 Å². The molecule has 18 heavy (non-hydrogen) atoms. The Bertz CT molecular complexity index is 590. The van der Waals surface area contributed by atoms with Gasteiger partial charge in [0.05, 0.1) is 0 Å². The van der Waals surface area contributed by atoms with Crippen molar-refractivity contribution in [2.45, 2.75) is 0 Å². The molecule has 0 aliphatic carbocycles. The standard InChI is InChI=1S/C12H11B3N2O/c16-10-4-1-8(2-5-10)12(18)9-3-6-11-13-14-15-17(11)7-9/h1-7,14-15H,16H2. The molecule has 1 aromatic rings. The van der Waals surface area contributed by atoms with Crippen LogP contribution in [-0.4, -0.2) is 37.4 Å². The van der Waals surface area contributed by atoms with Gasteiger partial charge in [-0.3, -0.25) is 0 Å². The number of carbonyl (C=O) groups excluding carboxylic acids is 1. The fourth-order valence-electron chi connectivity index (χ4n) is 2.22. The summed E-state index contributed by atoms with van der Waals surface area (Å²) < 4.78 is 0. The summed E-state index contributed by atoms with van der Waals surface area (Å²) in [7, 11) is 2.00. The van der Waals surface area contributed by atoms with E-state index in [1.165, 1.54) is 5.59 Å². The van der Waals surface area contributed by atoms with Gasteiger partial charge in [0.1, 0.15) is 0 Å². The molecule has 0 atom stereocenters. The van der Waals surface area contributed by atoms with Crippen LogP contribution in [0.25, 0.3) is 0 Å². The van der Waals surface area contributed by atoms with Crippen molar-refractivity contribution >= 4 is 38.2 Å². The van der Waals surface area contributed by atoms with Gasteiger partial charge in [0.15, 0.2) is 0 Å². The Hall–Kier alpha value is -1.97. The van der Waals surface area contributed by atoms with Crippen LogP contribution < -0.4 is 5.73 Å². The number of carbonyl (C=O) groups is 1. The van der Waals surface area contributed by atoms with Gasteiger partial charge in [-0.25, -0.2) is 0 Å². The Labute approximate surface area is 108 Å². The molecular weight excluding hydrogens is 221 g/mol. The number of benzene rings is 1. The van der Waals surface area contributed by atoms with E-state index in [0.717, 1.165) is 19.9 Å². The van der Waals surface area contributed by atoms with Gasteiger partial charge in [-0.15, -0.1) is 0 Å². The van der Waals surface area contributed by atoms with Gasteiger partial charge >= 0.3 is 107 Å². The van der Waals surface area contributed by atoms with E-state index in [-0.39, 0.29) is 5.78 Å². The Morgan fingerprint density at radius 2 is 2.00 bits per heavy atom. The molecule has 0 unspecified atom stereocenters. The van der Waals surface area contributed by atoms with Gasteiger partial charge in [-0.1, -0.05) is 0 Å². The first-order chi connectivity index (χ1) is 8.74. The van der Waals surface area contributed by atoms with Crippen molar-refractivity contribution in [1.82, 2.24) is 4.81 Å². The Morgan fingerprint density at radius 1 is 1.22 bits per heavy atom. The number of rotatable bonds is 2. The molecule has 6 heteroatoms.